The quantitative estimate of drug-likeness (QED) is 0.465. The highest BCUT2D eigenvalue weighted by Crippen LogP contribution is 2.18. The summed E-state index contributed by atoms with van der Waals surface area (Å²) in [5.41, 5.74) is 4.45. The van der Waals surface area contributed by atoms with Gasteiger partial charge in [-0.15, -0.1) is 0 Å². The standard InChI is InChI=1S/C15H24ClN5OS/c1-10(2)9-21-14(16)13(11(3)20-21)8-18-19-15(23)17-7-12-5-4-6-22-12/h8,10,12H,4-7,9H2,1-3H3,(H2,17,19,23)/b18-8-/t12-/m0/s1. The van der Waals surface area contributed by atoms with Crippen LogP contribution < -0.4 is 10.7 Å². The number of aromatic nitrogens is 2. The van der Waals surface area contributed by atoms with Gasteiger partial charge in [-0.25, -0.2) is 0 Å². The van der Waals surface area contributed by atoms with Gasteiger partial charge in [-0.1, -0.05) is 25.4 Å². The molecule has 2 N–H and O–H groups in total. The third-order valence-corrected chi connectivity index (χ3v) is 4.16. The van der Waals surface area contributed by atoms with Crippen molar-refractivity contribution in [2.24, 2.45) is 11.0 Å². The molecule has 0 saturated carbocycles. The summed E-state index contributed by atoms with van der Waals surface area (Å²) in [6.07, 6.45) is 4.08. The number of ether oxygens (including phenoxy) is 1. The van der Waals surface area contributed by atoms with Gasteiger partial charge in [0.1, 0.15) is 5.15 Å². The summed E-state index contributed by atoms with van der Waals surface area (Å²) in [6, 6.07) is 0. The molecule has 128 valence electrons. The monoisotopic (exact) mass is 357 g/mol. The van der Waals surface area contributed by atoms with E-state index < -0.39 is 0 Å². The largest absolute Gasteiger partial charge is 0.376 e. The van der Waals surface area contributed by atoms with E-state index in [1.165, 1.54) is 0 Å². The van der Waals surface area contributed by atoms with Crippen molar-refractivity contribution in [3.63, 3.8) is 0 Å². The molecule has 2 rings (SSSR count). The van der Waals surface area contributed by atoms with Gasteiger partial charge >= 0.3 is 0 Å². The Kier molecular flexibility index (Phi) is 6.80. The van der Waals surface area contributed by atoms with Crippen molar-refractivity contribution in [2.75, 3.05) is 13.2 Å². The Morgan fingerprint density at radius 2 is 2.39 bits per heavy atom. The Morgan fingerprint density at radius 1 is 1.61 bits per heavy atom. The van der Waals surface area contributed by atoms with Crippen molar-refractivity contribution in [3.8, 4) is 0 Å². The van der Waals surface area contributed by atoms with Gasteiger partial charge in [-0.05, 0) is 37.9 Å². The summed E-state index contributed by atoms with van der Waals surface area (Å²) < 4.78 is 7.33. The van der Waals surface area contributed by atoms with E-state index in [9.17, 15) is 0 Å². The van der Waals surface area contributed by atoms with Crippen LogP contribution in [0.2, 0.25) is 5.15 Å². The van der Waals surface area contributed by atoms with E-state index in [-0.39, 0.29) is 6.10 Å². The fourth-order valence-corrected chi connectivity index (χ4v) is 2.82. The topological polar surface area (TPSA) is 63.5 Å². The number of nitrogens with one attached hydrogen (secondary N) is 2. The second kappa shape index (κ2) is 8.61. The molecule has 2 heterocycles. The number of nitrogens with zero attached hydrogens (tertiary/aromatic N) is 3. The number of hydrazone groups is 1. The van der Waals surface area contributed by atoms with Crippen molar-refractivity contribution in [3.05, 3.63) is 16.4 Å². The van der Waals surface area contributed by atoms with Crippen LogP contribution in [0, 0.1) is 12.8 Å². The first-order valence-electron chi connectivity index (χ1n) is 7.88. The first kappa shape index (κ1) is 18.2. The average molecular weight is 358 g/mol. The summed E-state index contributed by atoms with van der Waals surface area (Å²) in [4.78, 5) is 0. The molecule has 1 aromatic rings. The van der Waals surface area contributed by atoms with Gasteiger partial charge < -0.3 is 10.1 Å². The number of thiocarbonyl (C=S) groups is 1. The summed E-state index contributed by atoms with van der Waals surface area (Å²) in [5, 5.41) is 12.7. The van der Waals surface area contributed by atoms with E-state index in [0.717, 1.165) is 37.3 Å². The zero-order valence-electron chi connectivity index (χ0n) is 13.8. The molecule has 1 aliphatic heterocycles. The van der Waals surface area contributed by atoms with E-state index in [1.807, 2.05) is 6.92 Å². The van der Waals surface area contributed by atoms with Crippen LogP contribution in [-0.4, -0.2) is 40.4 Å². The number of halogens is 1. The molecular formula is C15H24ClN5OS. The maximum atomic E-state index is 6.35. The molecule has 1 aromatic heterocycles. The molecule has 6 nitrogen and oxygen atoms in total. The van der Waals surface area contributed by atoms with Gasteiger partial charge in [0.05, 0.1) is 23.6 Å². The van der Waals surface area contributed by atoms with Gasteiger partial charge in [0.2, 0.25) is 0 Å². The SMILES string of the molecule is Cc1nn(CC(C)C)c(Cl)c1/C=N\NC(=S)NC[C@@H]1CCCO1. The highest BCUT2D eigenvalue weighted by atomic mass is 35.5. The Morgan fingerprint density at radius 3 is 3.04 bits per heavy atom. The number of rotatable bonds is 6. The zero-order valence-corrected chi connectivity index (χ0v) is 15.4. The Balaban J connectivity index is 1.84. The lowest BCUT2D eigenvalue weighted by molar-refractivity contribution is 0.114. The number of hydrogen-bond acceptors (Lipinski definition) is 4. The second-order valence-corrected chi connectivity index (χ2v) is 6.85. The van der Waals surface area contributed by atoms with Crippen LogP contribution in [0.3, 0.4) is 0 Å². The number of hydrogen-bond donors (Lipinski definition) is 2. The van der Waals surface area contributed by atoms with E-state index in [1.54, 1.807) is 10.9 Å². The Labute approximate surface area is 147 Å². The zero-order chi connectivity index (χ0) is 16.8. The van der Waals surface area contributed by atoms with E-state index >= 15 is 0 Å². The molecule has 1 aliphatic rings. The van der Waals surface area contributed by atoms with Crippen LogP contribution in [0.25, 0.3) is 0 Å². The molecule has 0 aromatic carbocycles. The van der Waals surface area contributed by atoms with Gasteiger partial charge in [-0.2, -0.15) is 10.2 Å². The predicted octanol–water partition coefficient (Wildman–Crippen LogP) is 2.48. The minimum absolute atomic E-state index is 0.240. The average Bonchev–Trinajstić information content (AvgIpc) is 3.08. The summed E-state index contributed by atoms with van der Waals surface area (Å²) >= 11 is 11.5. The molecule has 0 unspecified atom stereocenters. The van der Waals surface area contributed by atoms with E-state index in [2.05, 4.69) is 34.8 Å². The Hall–Kier alpha value is -1.18. The highest BCUT2D eigenvalue weighted by Gasteiger charge is 2.15. The number of aryl methyl sites for hydroxylation is 1. The maximum Gasteiger partial charge on any atom is 0.187 e. The normalized spacial score (nSPS) is 18.0. The molecule has 1 saturated heterocycles. The van der Waals surface area contributed by atoms with Crippen LogP contribution in [0.5, 0.6) is 0 Å². The molecule has 0 aliphatic carbocycles. The van der Waals surface area contributed by atoms with Crippen molar-refractivity contribution in [1.29, 1.82) is 0 Å². The maximum absolute atomic E-state index is 6.35. The summed E-state index contributed by atoms with van der Waals surface area (Å²) in [6.45, 7) is 8.48. The summed E-state index contributed by atoms with van der Waals surface area (Å²) in [7, 11) is 0. The van der Waals surface area contributed by atoms with E-state index in [4.69, 9.17) is 28.6 Å². The second-order valence-electron chi connectivity index (χ2n) is 6.08. The van der Waals surface area contributed by atoms with Crippen LogP contribution >= 0.6 is 23.8 Å². The van der Waals surface area contributed by atoms with Crippen LogP contribution in [-0.2, 0) is 11.3 Å². The van der Waals surface area contributed by atoms with Gasteiger partial charge in [0.15, 0.2) is 5.11 Å². The van der Waals surface area contributed by atoms with Gasteiger partial charge in [0, 0.05) is 19.7 Å². The van der Waals surface area contributed by atoms with Crippen molar-refractivity contribution in [2.45, 2.75) is 46.3 Å². The third kappa shape index (κ3) is 5.44. The first-order chi connectivity index (χ1) is 11.0. The van der Waals surface area contributed by atoms with Crippen molar-refractivity contribution in [1.82, 2.24) is 20.5 Å². The molecule has 1 fully saturated rings. The van der Waals surface area contributed by atoms with Crippen molar-refractivity contribution < 1.29 is 4.74 Å². The lowest BCUT2D eigenvalue weighted by atomic mass is 10.2. The molecule has 0 bridgehead atoms. The molecule has 0 spiro atoms. The highest BCUT2D eigenvalue weighted by molar-refractivity contribution is 7.80. The van der Waals surface area contributed by atoms with Crippen LogP contribution in [0.15, 0.2) is 5.10 Å². The van der Waals surface area contributed by atoms with Crippen LogP contribution in [0.4, 0.5) is 0 Å². The minimum Gasteiger partial charge on any atom is -0.376 e. The summed E-state index contributed by atoms with van der Waals surface area (Å²) in [5.74, 6) is 0.476. The van der Waals surface area contributed by atoms with E-state index in [0.29, 0.717) is 22.7 Å². The molecule has 0 amide bonds. The smallest absolute Gasteiger partial charge is 0.187 e. The Bertz CT molecular complexity index is 566. The van der Waals surface area contributed by atoms with Crippen LogP contribution in [0.1, 0.15) is 37.9 Å². The lowest BCUT2D eigenvalue weighted by Crippen LogP contribution is -2.37. The third-order valence-electron chi connectivity index (χ3n) is 3.52. The molecule has 8 heteroatoms. The molecule has 0 radical (unpaired) electrons. The molecule has 23 heavy (non-hydrogen) atoms. The van der Waals surface area contributed by atoms with Gasteiger partial charge in [0.25, 0.3) is 0 Å². The van der Waals surface area contributed by atoms with Gasteiger partial charge in [-0.3, -0.25) is 10.1 Å². The molecular weight excluding hydrogens is 334 g/mol. The fraction of sp³-hybridized carbons (Fsp3) is 0.667. The lowest BCUT2D eigenvalue weighted by Gasteiger charge is -2.11. The molecule has 1 atom stereocenters. The fourth-order valence-electron chi connectivity index (χ4n) is 2.39. The first-order valence-corrected chi connectivity index (χ1v) is 8.67. The predicted molar refractivity (Wildman–Crippen MR) is 97.1 cm³/mol. The van der Waals surface area contributed by atoms with Crippen molar-refractivity contribution >= 4 is 35.1 Å². The minimum atomic E-state index is 0.240.